The van der Waals surface area contributed by atoms with Gasteiger partial charge in [-0.3, -0.25) is 4.79 Å². The van der Waals surface area contributed by atoms with E-state index in [1.807, 2.05) is 93.5 Å². The highest BCUT2D eigenvalue weighted by atomic mass is 16.2. The summed E-state index contributed by atoms with van der Waals surface area (Å²) in [5.41, 5.74) is 7.82. The van der Waals surface area contributed by atoms with E-state index in [1.54, 1.807) is 12.1 Å². The maximum Gasteiger partial charge on any atom is 0.271 e. The number of aryl methyl sites for hydroxylation is 2. The molecule has 0 heterocycles. The Bertz CT molecular complexity index is 1070. The van der Waals surface area contributed by atoms with Gasteiger partial charge in [0.05, 0.1) is 5.69 Å². The first-order valence-electron chi connectivity index (χ1n) is 9.63. The van der Waals surface area contributed by atoms with Crippen LogP contribution in [0.25, 0.3) is 0 Å². The van der Waals surface area contributed by atoms with Crippen LogP contribution in [0.15, 0.2) is 88.1 Å². The minimum absolute atomic E-state index is 0.303. The van der Waals surface area contributed by atoms with E-state index in [1.165, 1.54) is 0 Å². The van der Waals surface area contributed by atoms with Crippen molar-refractivity contribution in [2.24, 2.45) is 15.3 Å². The van der Waals surface area contributed by atoms with Crippen LogP contribution in [0.5, 0.6) is 0 Å². The van der Waals surface area contributed by atoms with Crippen molar-refractivity contribution >= 4 is 23.1 Å². The lowest BCUT2D eigenvalue weighted by atomic mass is 10.1. The summed E-state index contributed by atoms with van der Waals surface area (Å²) < 4.78 is 0. The number of anilines is 1. The highest BCUT2D eigenvalue weighted by Gasteiger charge is 2.08. The van der Waals surface area contributed by atoms with Gasteiger partial charge in [-0.2, -0.15) is 0 Å². The number of amides is 1. The van der Waals surface area contributed by atoms with E-state index in [4.69, 9.17) is 0 Å². The molecule has 0 aromatic heterocycles. The van der Waals surface area contributed by atoms with Gasteiger partial charge in [-0.15, -0.1) is 15.3 Å². The van der Waals surface area contributed by atoms with Gasteiger partial charge in [-0.05, 0) is 67.9 Å². The van der Waals surface area contributed by atoms with E-state index in [-0.39, 0.29) is 5.91 Å². The summed E-state index contributed by atoms with van der Waals surface area (Å²) in [5.74, 6) is 0.0189. The van der Waals surface area contributed by atoms with Gasteiger partial charge in [-0.1, -0.05) is 29.8 Å². The van der Waals surface area contributed by atoms with Crippen LogP contribution in [-0.2, 0) is 0 Å². The molecule has 3 aromatic carbocycles. The predicted molar refractivity (Wildman–Crippen MR) is 122 cm³/mol. The molecule has 6 heteroatoms. The van der Waals surface area contributed by atoms with Crippen molar-refractivity contribution < 1.29 is 4.79 Å². The van der Waals surface area contributed by atoms with Crippen molar-refractivity contribution in [2.75, 3.05) is 19.0 Å². The Labute approximate surface area is 177 Å². The molecule has 0 bridgehead atoms. The van der Waals surface area contributed by atoms with Crippen molar-refractivity contribution in [1.82, 2.24) is 5.43 Å². The molecule has 3 aromatic rings. The first kappa shape index (κ1) is 20.9. The van der Waals surface area contributed by atoms with Gasteiger partial charge < -0.3 is 4.90 Å². The molecule has 0 spiro atoms. The number of azo groups is 1. The van der Waals surface area contributed by atoms with Crippen molar-refractivity contribution in [3.05, 3.63) is 95.1 Å². The molecular weight excluding hydrogens is 374 g/mol. The number of hydrazone groups is 1. The molecule has 30 heavy (non-hydrogen) atoms. The summed E-state index contributed by atoms with van der Waals surface area (Å²) in [6.07, 6.45) is 0. The second kappa shape index (κ2) is 9.60. The van der Waals surface area contributed by atoms with Crippen LogP contribution < -0.4 is 10.3 Å². The lowest BCUT2D eigenvalue weighted by Gasteiger charge is -2.12. The molecule has 0 aliphatic rings. The number of hydrogen-bond acceptors (Lipinski definition) is 4. The van der Waals surface area contributed by atoms with Gasteiger partial charge in [-0.25, -0.2) is 5.43 Å². The predicted octanol–water partition coefficient (Wildman–Crippen LogP) is 5.24. The van der Waals surface area contributed by atoms with Crippen LogP contribution in [0.1, 0.15) is 27.0 Å². The first-order chi connectivity index (χ1) is 14.4. The number of nitrogens with one attached hydrogen (secondary N) is 1. The van der Waals surface area contributed by atoms with Gasteiger partial charge in [0.1, 0.15) is 0 Å². The Morgan fingerprint density at radius 3 is 2.13 bits per heavy atom. The largest absolute Gasteiger partial charge is 0.378 e. The van der Waals surface area contributed by atoms with Crippen LogP contribution in [0.2, 0.25) is 0 Å². The van der Waals surface area contributed by atoms with E-state index in [0.29, 0.717) is 11.4 Å². The highest BCUT2D eigenvalue weighted by Crippen LogP contribution is 2.17. The molecule has 0 unspecified atom stereocenters. The summed E-state index contributed by atoms with van der Waals surface area (Å²) in [5, 5.41) is 12.9. The van der Waals surface area contributed by atoms with Gasteiger partial charge >= 0.3 is 0 Å². The van der Waals surface area contributed by atoms with E-state index in [2.05, 4.69) is 20.8 Å². The molecule has 0 saturated heterocycles. The summed E-state index contributed by atoms with van der Waals surface area (Å²) >= 11 is 0. The number of rotatable bonds is 5. The van der Waals surface area contributed by atoms with Crippen LogP contribution in [0.3, 0.4) is 0 Å². The molecule has 1 N–H and O–H groups in total. The molecule has 3 rings (SSSR count). The van der Waals surface area contributed by atoms with Gasteiger partial charge in [0.2, 0.25) is 5.84 Å². The topological polar surface area (TPSA) is 69.4 Å². The van der Waals surface area contributed by atoms with E-state index >= 15 is 0 Å². The lowest BCUT2D eigenvalue weighted by Crippen LogP contribution is -2.19. The average molecular weight is 399 g/mol. The second-order valence-electron chi connectivity index (χ2n) is 7.22. The Balaban J connectivity index is 1.88. The standard InChI is InChI=1S/C24H25N5O/c1-17-8-10-20(11-9-17)24(30)28-27-23(19-12-14-22(15-13-19)29(3)4)26-25-21-7-5-6-18(2)16-21/h5-16H,1-4H3,(H,28,30)/b26-25?,27-23-. The second-order valence-corrected chi connectivity index (χ2v) is 7.22. The Morgan fingerprint density at radius 2 is 1.50 bits per heavy atom. The molecule has 0 radical (unpaired) electrons. The maximum absolute atomic E-state index is 12.5. The quantitative estimate of drug-likeness (QED) is 0.276. The maximum atomic E-state index is 12.5. The zero-order chi connectivity index (χ0) is 21.5. The van der Waals surface area contributed by atoms with Crippen molar-refractivity contribution in [3.63, 3.8) is 0 Å². The number of carbonyl (C=O) groups is 1. The Morgan fingerprint density at radius 1 is 0.833 bits per heavy atom. The smallest absolute Gasteiger partial charge is 0.271 e. The molecule has 0 fully saturated rings. The molecular formula is C24H25N5O. The molecule has 0 aliphatic heterocycles. The third-order valence-corrected chi connectivity index (χ3v) is 4.48. The molecule has 6 nitrogen and oxygen atoms in total. The van der Waals surface area contributed by atoms with E-state index in [9.17, 15) is 4.79 Å². The number of benzene rings is 3. The van der Waals surface area contributed by atoms with Crippen LogP contribution in [0, 0.1) is 13.8 Å². The average Bonchev–Trinajstić information content (AvgIpc) is 2.74. The number of hydrogen-bond donors (Lipinski definition) is 1. The molecule has 1 amide bonds. The van der Waals surface area contributed by atoms with Crippen molar-refractivity contribution in [3.8, 4) is 0 Å². The van der Waals surface area contributed by atoms with Gasteiger partial charge in [0.15, 0.2) is 0 Å². The molecule has 0 atom stereocenters. The minimum atomic E-state index is -0.303. The van der Waals surface area contributed by atoms with Crippen molar-refractivity contribution in [2.45, 2.75) is 13.8 Å². The zero-order valence-corrected chi connectivity index (χ0v) is 17.6. The van der Waals surface area contributed by atoms with Crippen LogP contribution in [-0.4, -0.2) is 25.8 Å². The fraction of sp³-hybridized carbons (Fsp3) is 0.167. The third kappa shape index (κ3) is 5.61. The Kier molecular flexibility index (Phi) is 6.70. The molecule has 0 aliphatic carbocycles. The zero-order valence-electron chi connectivity index (χ0n) is 17.6. The summed E-state index contributed by atoms with van der Waals surface area (Å²) in [6, 6.07) is 22.8. The van der Waals surface area contributed by atoms with E-state index < -0.39 is 0 Å². The molecule has 0 saturated carbocycles. The minimum Gasteiger partial charge on any atom is -0.378 e. The van der Waals surface area contributed by atoms with E-state index in [0.717, 1.165) is 28.1 Å². The fourth-order valence-electron chi connectivity index (χ4n) is 2.72. The molecule has 152 valence electrons. The van der Waals surface area contributed by atoms with Crippen LogP contribution >= 0.6 is 0 Å². The number of amidine groups is 1. The summed E-state index contributed by atoms with van der Waals surface area (Å²) in [7, 11) is 3.95. The van der Waals surface area contributed by atoms with Gasteiger partial charge in [0, 0.05) is 30.9 Å². The number of carbonyl (C=O) groups excluding carboxylic acids is 1. The van der Waals surface area contributed by atoms with Gasteiger partial charge in [0.25, 0.3) is 5.91 Å². The third-order valence-electron chi connectivity index (χ3n) is 4.48. The lowest BCUT2D eigenvalue weighted by molar-refractivity contribution is 0.0955. The highest BCUT2D eigenvalue weighted by molar-refractivity contribution is 6.01. The van der Waals surface area contributed by atoms with Crippen LogP contribution in [0.4, 0.5) is 11.4 Å². The number of nitrogens with zero attached hydrogens (tertiary/aromatic N) is 4. The monoisotopic (exact) mass is 399 g/mol. The normalized spacial score (nSPS) is 11.5. The fourth-order valence-corrected chi connectivity index (χ4v) is 2.72. The first-order valence-corrected chi connectivity index (χ1v) is 9.63. The summed E-state index contributed by atoms with van der Waals surface area (Å²) in [6.45, 7) is 3.97. The summed E-state index contributed by atoms with van der Waals surface area (Å²) in [4.78, 5) is 14.5. The van der Waals surface area contributed by atoms with Crippen molar-refractivity contribution in [1.29, 1.82) is 0 Å². The SMILES string of the molecule is Cc1ccc(C(=O)N/N=C(\N=Nc2cccc(C)c2)c2ccc(N(C)C)cc2)cc1. The Hall–Kier alpha value is -3.80.